The lowest BCUT2D eigenvalue weighted by Crippen LogP contribution is -2.40. The maximum atomic E-state index is 12.4. The third-order valence-electron chi connectivity index (χ3n) is 5.60. The summed E-state index contributed by atoms with van der Waals surface area (Å²) >= 11 is 0. The molecule has 30 heavy (non-hydrogen) atoms. The second kappa shape index (κ2) is 9.30. The summed E-state index contributed by atoms with van der Waals surface area (Å²) < 4.78 is 0. The number of amides is 2. The Morgan fingerprint density at radius 2 is 1.77 bits per heavy atom. The average molecular weight is 409 g/mol. The van der Waals surface area contributed by atoms with Gasteiger partial charge in [-0.3, -0.25) is 9.59 Å². The Labute approximate surface area is 179 Å². The van der Waals surface area contributed by atoms with Gasteiger partial charge in [-0.25, -0.2) is 0 Å². The molecule has 0 aliphatic carbocycles. The minimum absolute atomic E-state index is 0.0134. The summed E-state index contributed by atoms with van der Waals surface area (Å²) in [6.45, 7) is 5.36. The Kier molecular flexibility index (Phi) is 6.77. The van der Waals surface area contributed by atoms with Gasteiger partial charge in [0.1, 0.15) is 0 Å². The molecule has 0 aromatic heterocycles. The van der Waals surface area contributed by atoms with Gasteiger partial charge < -0.3 is 20.4 Å². The van der Waals surface area contributed by atoms with Crippen LogP contribution in [0.4, 0.5) is 11.4 Å². The molecule has 6 heteroatoms. The van der Waals surface area contributed by atoms with Crippen molar-refractivity contribution in [2.75, 3.05) is 44.4 Å². The van der Waals surface area contributed by atoms with Gasteiger partial charge in [-0.15, -0.1) is 0 Å². The fraction of sp³-hybridized carbons (Fsp3) is 0.417. The summed E-state index contributed by atoms with van der Waals surface area (Å²) in [5.41, 5.74) is 6.47. The highest BCUT2D eigenvalue weighted by Gasteiger charge is 2.21. The van der Waals surface area contributed by atoms with Crippen LogP contribution in [-0.2, 0) is 16.0 Å². The fourth-order valence-electron chi connectivity index (χ4n) is 4.12. The Hall–Kier alpha value is -2.86. The molecule has 160 valence electrons. The molecule has 0 spiro atoms. The van der Waals surface area contributed by atoms with E-state index in [0.717, 1.165) is 36.1 Å². The Morgan fingerprint density at radius 1 is 1.07 bits per heavy atom. The zero-order valence-electron chi connectivity index (χ0n) is 18.6. The number of fused-ring (bicyclic) bond motifs is 1. The number of hydrogen-bond acceptors (Lipinski definition) is 4. The van der Waals surface area contributed by atoms with Gasteiger partial charge in [0.15, 0.2) is 0 Å². The topological polar surface area (TPSA) is 64.7 Å². The monoisotopic (exact) mass is 408 g/mol. The normalized spacial score (nSPS) is 14.3. The van der Waals surface area contributed by atoms with Gasteiger partial charge >= 0.3 is 11.8 Å². The van der Waals surface area contributed by atoms with Crippen molar-refractivity contribution in [2.24, 2.45) is 0 Å². The van der Waals surface area contributed by atoms with Gasteiger partial charge in [-0.05, 0) is 81.2 Å². The van der Waals surface area contributed by atoms with Gasteiger partial charge in [-0.1, -0.05) is 18.2 Å². The molecule has 0 saturated carbocycles. The van der Waals surface area contributed by atoms with Crippen LogP contribution in [0.3, 0.4) is 0 Å². The van der Waals surface area contributed by atoms with E-state index in [4.69, 9.17) is 0 Å². The van der Waals surface area contributed by atoms with Crippen LogP contribution >= 0.6 is 0 Å². The summed E-state index contributed by atoms with van der Waals surface area (Å²) in [4.78, 5) is 29.1. The molecule has 0 saturated heterocycles. The molecule has 1 aliphatic heterocycles. The van der Waals surface area contributed by atoms with Crippen LogP contribution in [0.5, 0.6) is 0 Å². The van der Waals surface area contributed by atoms with Gasteiger partial charge in [0, 0.05) is 31.5 Å². The summed E-state index contributed by atoms with van der Waals surface area (Å²) in [5.74, 6) is -1.27. The third-order valence-corrected chi connectivity index (χ3v) is 5.60. The first-order valence-corrected chi connectivity index (χ1v) is 10.4. The van der Waals surface area contributed by atoms with Crippen molar-refractivity contribution in [2.45, 2.75) is 32.7 Å². The number of aryl methyl sites for hydroxylation is 3. The number of rotatable bonds is 5. The van der Waals surface area contributed by atoms with Crippen molar-refractivity contribution in [3.63, 3.8) is 0 Å². The molecule has 2 amide bonds. The molecular formula is C24H32N4O2. The molecule has 1 unspecified atom stereocenters. The number of likely N-dealkylation sites (N-methyl/N-ethyl adjacent to an activating group) is 1. The minimum atomic E-state index is -0.649. The molecule has 6 nitrogen and oxygen atoms in total. The maximum Gasteiger partial charge on any atom is 0.313 e. The van der Waals surface area contributed by atoms with Crippen LogP contribution in [0.1, 0.15) is 34.7 Å². The maximum absolute atomic E-state index is 12.4. The van der Waals surface area contributed by atoms with Crippen molar-refractivity contribution in [1.29, 1.82) is 0 Å². The predicted molar refractivity (Wildman–Crippen MR) is 122 cm³/mol. The highest BCUT2D eigenvalue weighted by Crippen LogP contribution is 2.29. The highest BCUT2D eigenvalue weighted by molar-refractivity contribution is 6.39. The van der Waals surface area contributed by atoms with E-state index in [-0.39, 0.29) is 6.04 Å². The second-order valence-electron chi connectivity index (χ2n) is 8.43. The molecule has 1 aliphatic rings. The van der Waals surface area contributed by atoms with Crippen molar-refractivity contribution in [3.05, 3.63) is 58.7 Å². The van der Waals surface area contributed by atoms with Crippen molar-refractivity contribution in [3.8, 4) is 0 Å². The molecule has 0 fully saturated rings. The molecule has 1 atom stereocenters. The first-order valence-electron chi connectivity index (χ1n) is 10.4. The van der Waals surface area contributed by atoms with E-state index in [9.17, 15) is 9.59 Å². The van der Waals surface area contributed by atoms with Crippen molar-refractivity contribution >= 4 is 23.2 Å². The summed E-state index contributed by atoms with van der Waals surface area (Å²) in [5, 5.41) is 5.49. The van der Waals surface area contributed by atoms with Gasteiger partial charge in [0.05, 0.1) is 6.04 Å². The van der Waals surface area contributed by atoms with Crippen LogP contribution in [-0.4, -0.2) is 50.9 Å². The zero-order chi connectivity index (χ0) is 21.8. The molecule has 3 rings (SSSR count). The van der Waals surface area contributed by atoms with Crippen LogP contribution in [0.2, 0.25) is 0 Å². The molecule has 0 radical (unpaired) electrons. The lowest BCUT2D eigenvalue weighted by Gasteiger charge is -2.30. The number of carbonyl (C=O) groups is 2. The number of benzene rings is 2. The summed E-state index contributed by atoms with van der Waals surface area (Å²) in [6.07, 6.45) is 2.22. The number of hydrogen-bond donors (Lipinski definition) is 2. The first-order chi connectivity index (χ1) is 14.2. The standard InChI is InChI=1S/C24H32N4O2/c1-16-11-17(2)13-20(12-16)26-24(30)23(29)25-15-22(27(3)4)19-8-9-21-18(14-19)7-6-10-28(21)5/h8-9,11-14,22H,6-7,10,15H2,1-5H3,(H,25,29)(H,26,30). The quantitative estimate of drug-likeness (QED) is 0.747. The lowest BCUT2D eigenvalue weighted by atomic mass is 9.96. The lowest BCUT2D eigenvalue weighted by molar-refractivity contribution is -0.136. The average Bonchev–Trinajstić information content (AvgIpc) is 2.67. The number of anilines is 2. The van der Waals surface area contributed by atoms with E-state index < -0.39 is 11.8 Å². The largest absolute Gasteiger partial charge is 0.374 e. The SMILES string of the molecule is Cc1cc(C)cc(NC(=O)C(=O)NCC(c2ccc3c(c2)CCCN3C)N(C)C)c1. The first kappa shape index (κ1) is 21.8. The van der Waals surface area contributed by atoms with E-state index in [2.05, 4.69) is 45.7 Å². The number of nitrogens with one attached hydrogen (secondary N) is 2. The van der Waals surface area contributed by atoms with Gasteiger partial charge in [0.2, 0.25) is 0 Å². The van der Waals surface area contributed by atoms with Crippen LogP contribution in [0, 0.1) is 13.8 Å². The molecule has 2 N–H and O–H groups in total. The smallest absolute Gasteiger partial charge is 0.313 e. The van der Waals surface area contributed by atoms with Crippen LogP contribution < -0.4 is 15.5 Å². The second-order valence-corrected chi connectivity index (χ2v) is 8.43. The number of carbonyl (C=O) groups excluding carboxylic acids is 2. The summed E-state index contributed by atoms with van der Waals surface area (Å²) in [6, 6.07) is 12.2. The molecule has 0 bridgehead atoms. The predicted octanol–water partition coefficient (Wildman–Crippen LogP) is 3.04. The minimum Gasteiger partial charge on any atom is -0.374 e. The zero-order valence-corrected chi connectivity index (χ0v) is 18.6. The molecule has 2 aromatic rings. The van der Waals surface area contributed by atoms with Crippen molar-refractivity contribution < 1.29 is 9.59 Å². The van der Waals surface area contributed by atoms with E-state index in [1.807, 2.05) is 46.1 Å². The van der Waals surface area contributed by atoms with Crippen molar-refractivity contribution in [1.82, 2.24) is 10.2 Å². The van der Waals surface area contributed by atoms with Gasteiger partial charge in [0.25, 0.3) is 0 Å². The number of nitrogens with zero attached hydrogens (tertiary/aromatic N) is 2. The Balaban J connectivity index is 1.65. The van der Waals surface area contributed by atoms with E-state index in [0.29, 0.717) is 12.2 Å². The Morgan fingerprint density at radius 3 is 2.43 bits per heavy atom. The van der Waals surface area contributed by atoms with Crippen LogP contribution in [0.15, 0.2) is 36.4 Å². The van der Waals surface area contributed by atoms with E-state index in [1.165, 1.54) is 11.3 Å². The molecular weight excluding hydrogens is 376 g/mol. The summed E-state index contributed by atoms with van der Waals surface area (Å²) in [7, 11) is 6.09. The fourth-order valence-corrected chi connectivity index (χ4v) is 4.12. The van der Waals surface area contributed by atoms with Crippen LogP contribution in [0.25, 0.3) is 0 Å². The third kappa shape index (κ3) is 5.19. The van der Waals surface area contributed by atoms with E-state index >= 15 is 0 Å². The molecule has 2 aromatic carbocycles. The molecule has 1 heterocycles. The van der Waals surface area contributed by atoms with Gasteiger partial charge in [-0.2, -0.15) is 0 Å². The van der Waals surface area contributed by atoms with E-state index in [1.54, 1.807) is 0 Å². The Bertz CT molecular complexity index is 919. The highest BCUT2D eigenvalue weighted by atomic mass is 16.2.